The van der Waals surface area contributed by atoms with Crippen molar-refractivity contribution in [3.8, 4) is 0 Å². The van der Waals surface area contributed by atoms with Crippen LogP contribution in [0.4, 0.5) is 0 Å². The van der Waals surface area contributed by atoms with Crippen LogP contribution in [-0.2, 0) is 11.3 Å². The minimum Gasteiger partial charge on any atom is -0.481 e. The highest BCUT2D eigenvalue weighted by molar-refractivity contribution is 7.99. The molecule has 1 aliphatic heterocycles. The van der Waals surface area contributed by atoms with Crippen molar-refractivity contribution in [1.29, 1.82) is 0 Å². The lowest BCUT2D eigenvalue weighted by Crippen LogP contribution is -2.16. The van der Waals surface area contributed by atoms with Crippen LogP contribution >= 0.6 is 23.5 Å². The molecule has 1 aromatic rings. The van der Waals surface area contributed by atoms with Crippen LogP contribution in [0.2, 0.25) is 0 Å². The summed E-state index contributed by atoms with van der Waals surface area (Å²) in [6.07, 6.45) is 4.16. The van der Waals surface area contributed by atoms with Crippen LogP contribution in [0.5, 0.6) is 0 Å². The number of hydrogen-bond acceptors (Lipinski definition) is 5. The van der Waals surface area contributed by atoms with E-state index in [1.807, 2.05) is 16.3 Å². The second-order valence-electron chi connectivity index (χ2n) is 4.00. The first-order valence-corrected chi connectivity index (χ1v) is 7.70. The summed E-state index contributed by atoms with van der Waals surface area (Å²) in [5, 5.41) is 17.2. The van der Waals surface area contributed by atoms with E-state index in [4.69, 9.17) is 5.11 Å². The number of aliphatic carboxylic acids is 1. The Labute approximate surface area is 108 Å². The molecule has 2 rings (SSSR count). The monoisotopic (exact) mass is 273 g/mol. The topological polar surface area (TPSA) is 68.0 Å². The van der Waals surface area contributed by atoms with Crippen LogP contribution in [0.1, 0.15) is 12.8 Å². The van der Waals surface area contributed by atoms with E-state index in [1.54, 1.807) is 6.33 Å². The molecule has 0 atom stereocenters. The minimum absolute atomic E-state index is 0.0409. The second-order valence-corrected chi connectivity index (χ2v) is 6.17. The van der Waals surface area contributed by atoms with Gasteiger partial charge in [0.25, 0.3) is 0 Å². The second kappa shape index (κ2) is 6.30. The van der Waals surface area contributed by atoms with Crippen molar-refractivity contribution in [3.63, 3.8) is 0 Å². The number of hydrogen-bond donors (Lipinski definition) is 1. The summed E-state index contributed by atoms with van der Waals surface area (Å²) in [4.78, 5) is 10.5. The van der Waals surface area contributed by atoms with Gasteiger partial charge >= 0.3 is 5.97 Å². The highest BCUT2D eigenvalue weighted by Crippen LogP contribution is 2.25. The quantitative estimate of drug-likeness (QED) is 0.822. The third kappa shape index (κ3) is 3.92. The summed E-state index contributed by atoms with van der Waals surface area (Å²) in [7, 11) is 0. The molecule has 5 nitrogen and oxygen atoms in total. The maximum Gasteiger partial charge on any atom is 0.313 e. The Morgan fingerprint density at radius 2 is 2.35 bits per heavy atom. The van der Waals surface area contributed by atoms with Gasteiger partial charge in [0.15, 0.2) is 5.16 Å². The van der Waals surface area contributed by atoms with Gasteiger partial charge in [0.1, 0.15) is 6.33 Å². The number of thioether (sulfide) groups is 2. The Balaban J connectivity index is 1.91. The van der Waals surface area contributed by atoms with E-state index in [1.165, 1.54) is 36.1 Å². The van der Waals surface area contributed by atoms with Crippen molar-refractivity contribution >= 4 is 29.5 Å². The van der Waals surface area contributed by atoms with E-state index in [0.717, 1.165) is 6.54 Å². The minimum atomic E-state index is -0.821. The lowest BCUT2D eigenvalue weighted by atomic mass is 10.0. The maximum atomic E-state index is 10.5. The predicted octanol–water partition coefficient (Wildman–Crippen LogP) is 1.60. The van der Waals surface area contributed by atoms with Crippen molar-refractivity contribution in [3.05, 3.63) is 6.33 Å². The van der Waals surface area contributed by atoms with Gasteiger partial charge in [-0.2, -0.15) is 11.8 Å². The first-order chi connectivity index (χ1) is 8.25. The van der Waals surface area contributed by atoms with Gasteiger partial charge in [0, 0.05) is 6.54 Å². The van der Waals surface area contributed by atoms with Crippen LogP contribution < -0.4 is 0 Å². The van der Waals surface area contributed by atoms with Gasteiger partial charge < -0.3 is 9.67 Å². The standard InChI is InChI=1S/C10H15N3O2S2/c14-9(15)6-17-10-12-11-7-13(10)5-8-1-3-16-4-2-8/h7-8H,1-6H2,(H,14,15). The molecule has 1 N–H and O–H groups in total. The van der Waals surface area contributed by atoms with Crippen molar-refractivity contribution in [2.45, 2.75) is 24.5 Å². The molecule has 94 valence electrons. The summed E-state index contributed by atoms with van der Waals surface area (Å²) in [6.45, 7) is 0.912. The molecule has 1 aliphatic rings. The SMILES string of the molecule is O=C(O)CSc1nncn1CC1CCSCC1. The fourth-order valence-corrected chi connectivity index (χ4v) is 3.66. The Morgan fingerprint density at radius 1 is 1.59 bits per heavy atom. The average Bonchev–Trinajstić information content (AvgIpc) is 2.75. The number of nitrogens with zero attached hydrogens (tertiary/aromatic N) is 3. The van der Waals surface area contributed by atoms with Crippen LogP contribution in [0.25, 0.3) is 0 Å². The summed E-state index contributed by atoms with van der Waals surface area (Å²) in [6, 6.07) is 0. The van der Waals surface area contributed by atoms with E-state index in [0.29, 0.717) is 11.1 Å². The van der Waals surface area contributed by atoms with Crippen molar-refractivity contribution in [2.24, 2.45) is 5.92 Å². The van der Waals surface area contributed by atoms with E-state index in [-0.39, 0.29) is 5.75 Å². The average molecular weight is 273 g/mol. The summed E-state index contributed by atoms with van der Waals surface area (Å²) < 4.78 is 1.98. The van der Waals surface area contributed by atoms with E-state index >= 15 is 0 Å². The van der Waals surface area contributed by atoms with Crippen LogP contribution in [0.3, 0.4) is 0 Å². The molecule has 0 amide bonds. The predicted molar refractivity (Wildman–Crippen MR) is 68.4 cm³/mol. The maximum absolute atomic E-state index is 10.5. The molecule has 0 radical (unpaired) electrons. The third-order valence-corrected chi connectivity index (χ3v) is 4.71. The zero-order valence-electron chi connectivity index (χ0n) is 9.41. The molecule has 0 aliphatic carbocycles. The largest absolute Gasteiger partial charge is 0.481 e. The molecule has 7 heteroatoms. The number of carboxylic acid groups (broad SMARTS) is 1. The van der Waals surface area contributed by atoms with Crippen molar-refractivity contribution in [2.75, 3.05) is 17.3 Å². The van der Waals surface area contributed by atoms with E-state index in [9.17, 15) is 4.79 Å². The van der Waals surface area contributed by atoms with Gasteiger partial charge in [-0.25, -0.2) is 0 Å². The molecule has 1 fully saturated rings. The molecule has 0 spiro atoms. The Bertz CT molecular complexity index is 377. The number of carbonyl (C=O) groups is 1. The van der Waals surface area contributed by atoms with Crippen molar-refractivity contribution in [1.82, 2.24) is 14.8 Å². The number of aromatic nitrogens is 3. The summed E-state index contributed by atoms with van der Waals surface area (Å²) in [5.41, 5.74) is 0. The molecule has 0 unspecified atom stereocenters. The summed E-state index contributed by atoms with van der Waals surface area (Å²) >= 11 is 3.24. The van der Waals surface area contributed by atoms with Crippen LogP contribution in [0, 0.1) is 5.92 Å². The molecule has 2 heterocycles. The van der Waals surface area contributed by atoms with E-state index in [2.05, 4.69) is 10.2 Å². The molecule has 1 aromatic heterocycles. The first kappa shape index (κ1) is 12.8. The third-order valence-electron chi connectivity index (χ3n) is 2.70. The van der Waals surface area contributed by atoms with Crippen LogP contribution in [-0.4, -0.2) is 43.1 Å². The molecule has 17 heavy (non-hydrogen) atoms. The zero-order chi connectivity index (χ0) is 12.1. The fourth-order valence-electron chi connectivity index (χ4n) is 1.81. The first-order valence-electron chi connectivity index (χ1n) is 5.56. The molecule has 1 saturated heterocycles. The molecule has 0 aromatic carbocycles. The van der Waals surface area contributed by atoms with Gasteiger partial charge in [0.2, 0.25) is 0 Å². The van der Waals surface area contributed by atoms with Gasteiger partial charge in [-0.05, 0) is 30.3 Å². The Hall–Kier alpha value is -0.690. The number of rotatable bonds is 5. The molecular formula is C10H15N3O2S2. The Morgan fingerprint density at radius 3 is 3.06 bits per heavy atom. The van der Waals surface area contributed by atoms with Crippen LogP contribution in [0.15, 0.2) is 11.5 Å². The van der Waals surface area contributed by atoms with Gasteiger partial charge in [-0.3, -0.25) is 4.79 Å². The normalized spacial score (nSPS) is 17.2. The van der Waals surface area contributed by atoms with Gasteiger partial charge in [-0.15, -0.1) is 10.2 Å². The van der Waals surface area contributed by atoms with Crippen molar-refractivity contribution < 1.29 is 9.90 Å². The summed E-state index contributed by atoms with van der Waals surface area (Å²) in [5.74, 6) is 2.35. The fraction of sp³-hybridized carbons (Fsp3) is 0.700. The molecular weight excluding hydrogens is 258 g/mol. The lowest BCUT2D eigenvalue weighted by Gasteiger charge is -2.21. The van der Waals surface area contributed by atoms with Gasteiger partial charge in [-0.1, -0.05) is 11.8 Å². The highest BCUT2D eigenvalue weighted by atomic mass is 32.2. The van der Waals surface area contributed by atoms with E-state index < -0.39 is 5.97 Å². The Kier molecular flexibility index (Phi) is 4.73. The van der Waals surface area contributed by atoms with Gasteiger partial charge in [0.05, 0.1) is 5.75 Å². The molecule has 0 saturated carbocycles. The zero-order valence-corrected chi connectivity index (χ0v) is 11.0. The lowest BCUT2D eigenvalue weighted by molar-refractivity contribution is -0.133. The number of carboxylic acids is 1. The molecule has 0 bridgehead atoms. The smallest absolute Gasteiger partial charge is 0.313 e. The highest BCUT2D eigenvalue weighted by Gasteiger charge is 2.16.